The minimum absolute atomic E-state index is 0.111. The molecule has 0 atom stereocenters. The summed E-state index contributed by atoms with van der Waals surface area (Å²) in [6.45, 7) is 3.44. The average Bonchev–Trinajstić information content (AvgIpc) is 2.81. The molecular weight excluding hydrogens is 244 g/mol. The lowest BCUT2D eigenvalue weighted by molar-refractivity contribution is 0.0690. The first-order valence-electron chi connectivity index (χ1n) is 6.71. The number of nitrogens with zero attached hydrogens (tertiary/aromatic N) is 1. The third-order valence-corrected chi connectivity index (χ3v) is 4.09. The highest BCUT2D eigenvalue weighted by molar-refractivity contribution is 5.86. The molecule has 1 aliphatic carbocycles. The van der Waals surface area contributed by atoms with Gasteiger partial charge >= 0.3 is 5.97 Å². The largest absolute Gasteiger partial charge is 0.491 e. The Morgan fingerprint density at radius 1 is 1.58 bits per heavy atom. The molecule has 5 nitrogen and oxygen atoms in total. The Morgan fingerprint density at radius 3 is 3.00 bits per heavy atom. The van der Waals surface area contributed by atoms with E-state index in [-0.39, 0.29) is 11.2 Å². The summed E-state index contributed by atoms with van der Waals surface area (Å²) in [6.07, 6.45) is 4.30. The Morgan fingerprint density at radius 2 is 2.37 bits per heavy atom. The van der Waals surface area contributed by atoms with Crippen LogP contribution in [0.2, 0.25) is 0 Å². The summed E-state index contributed by atoms with van der Waals surface area (Å²) in [5.41, 5.74) is 1.99. The van der Waals surface area contributed by atoms with Crippen molar-refractivity contribution >= 4 is 5.97 Å². The second-order valence-corrected chi connectivity index (χ2v) is 5.61. The molecule has 19 heavy (non-hydrogen) atoms. The highest BCUT2D eigenvalue weighted by Gasteiger charge is 2.31. The van der Waals surface area contributed by atoms with Gasteiger partial charge in [-0.1, -0.05) is 0 Å². The number of aromatic nitrogens is 1. The van der Waals surface area contributed by atoms with Crippen LogP contribution in [0.4, 0.5) is 0 Å². The molecule has 1 aromatic heterocycles. The molecular formula is C14H18N2O3. The van der Waals surface area contributed by atoms with Crippen LogP contribution in [0.5, 0.6) is 5.75 Å². The maximum absolute atomic E-state index is 11.1. The Balaban J connectivity index is 1.84. The molecule has 1 saturated carbocycles. The third-order valence-electron chi connectivity index (χ3n) is 4.09. The molecule has 0 aromatic carbocycles. The predicted octanol–water partition coefficient (Wildman–Crippen LogP) is 1.75. The lowest BCUT2D eigenvalue weighted by atomic mass is 9.78. The van der Waals surface area contributed by atoms with Crippen molar-refractivity contribution < 1.29 is 14.6 Å². The zero-order valence-corrected chi connectivity index (χ0v) is 11.0. The van der Waals surface area contributed by atoms with Crippen LogP contribution >= 0.6 is 0 Å². The van der Waals surface area contributed by atoms with Crippen molar-refractivity contribution in [1.82, 2.24) is 10.3 Å². The molecule has 2 N–H and O–H groups in total. The quantitative estimate of drug-likeness (QED) is 0.865. The number of fused-ring (bicyclic) bond motifs is 1. The van der Waals surface area contributed by atoms with Gasteiger partial charge in [-0.2, -0.15) is 0 Å². The van der Waals surface area contributed by atoms with Gasteiger partial charge in [-0.25, -0.2) is 9.78 Å². The van der Waals surface area contributed by atoms with Crippen molar-refractivity contribution in [3.8, 4) is 5.75 Å². The summed E-state index contributed by atoms with van der Waals surface area (Å²) in [4.78, 5) is 15.2. The second kappa shape index (κ2) is 4.49. The fraction of sp³-hybridized carbons (Fsp3) is 0.571. The van der Waals surface area contributed by atoms with Crippen molar-refractivity contribution in [2.45, 2.75) is 44.7 Å². The van der Waals surface area contributed by atoms with Crippen LogP contribution in [-0.2, 0) is 13.0 Å². The van der Waals surface area contributed by atoms with E-state index in [4.69, 9.17) is 9.84 Å². The van der Waals surface area contributed by atoms with Crippen LogP contribution in [0, 0.1) is 0 Å². The predicted molar refractivity (Wildman–Crippen MR) is 69.5 cm³/mol. The van der Waals surface area contributed by atoms with E-state index in [1.807, 2.05) is 0 Å². The Hall–Kier alpha value is -1.62. The number of carbonyl (C=O) groups is 1. The van der Waals surface area contributed by atoms with Gasteiger partial charge in [0.05, 0.1) is 12.3 Å². The van der Waals surface area contributed by atoms with Gasteiger partial charge in [0.1, 0.15) is 11.4 Å². The minimum atomic E-state index is -0.981. The van der Waals surface area contributed by atoms with Crippen LogP contribution in [0.15, 0.2) is 6.07 Å². The van der Waals surface area contributed by atoms with E-state index in [0.717, 1.165) is 17.0 Å². The number of carboxylic acids is 1. The first-order chi connectivity index (χ1) is 9.07. The Labute approximate surface area is 112 Å². The number of ether oxygens (including phenoxy) is 1. The molecule has 0 saturated heterocycles. The second-order valence-electron chi connectivity index (χ2n) is 5.61. The topological polar surface area (TPSA) is 71.5 Å². The maximum Gasteiger partial charge on any atom is 0.354 e. The summed E-state index contributed by atoms with van der Waals surface area (Å²) in [5, 5.41) is 12.6. The maximum atomic E-state index is 11.1. The smallest absolute Gasteiger partial charge is 0.354 e. The molecule has 2 aliphatic rings. The van der Waals surface area contributed by atoms with Crippen molar-refractivity contribution in [3.63, 3.8) is 0 Å². The van der Waals surface area contributed by atoms with Crippen molar-refractivity contribution in [1.29, 1.82) is 0 Å². The summed E-state index contributed by atoms with van der Waals surface area (Å²) in [5.74, 6) is -0.203. The summed E-state index contributed by atoms with van der Waals surface area (Å²) < 4.78 is 5.59. The zero-order valence-electron chi connectivity index (χ0n) is 11.0. The molecule has 0 spiro atoms. The third kappa shape index (κ3) is 2.30. The van der Waals surface area contributed by atoms with E-state index >= 15 is 0 Å². The first kappa shape index (κ1) is 12.4. The van der Waals surface area contributed by atoms with E-state index in [0.29, 0.717) is 19.6 Å². The van der Waals surface area contributed by atoms with Crippen LogP contribution in [0.25, 0.3) is 0 Å². The van der Waals surface area contributed by atoms with Gasteiger partial charge in [0.25, 0.3) is 0 Å². The molecule has 102 valence electrons. The van der Waals surface area contributed by atoms with Crippen molar-refractivity contribution in [3.05, 3.63) is 23.0 Å². The van der Waals surface area contributed by atoms with Crippen LogP contribution < -0.4 is 10.1 Å². The monoisotopic (exact) mass is 262 g/mol. The number of hydrogen-bond acceptors (Lipinski definition) is 4. The van der Waals surface area contributed by atoms with Crippen LogP contribution in [0.3, 0.4) is 0 Å². The van der Waals surface area contributed by atoms with E-state index in [1.54, 1.807) is 6.07 Å². The van der Waals surface area contributed by atoms with Crippen molar-refractivity contribution in [2.75, 3.05) is 6.61 Å². The average molecular weight is 262 g/mol. The van der Waals surface area contributed by atoms with Gasteiger partial charge in [0.2, 0.25) is 0 Å². The van der Waals surface area contributed by atoms with Crippen LogP contribution in [-0.4, -0.2) is 28.2 Å². The van der Waals surface area contributed by atoms with Gasteiger partial charge in [0.15, 0.2) is 0 Å². The molecule has 1 fully saturated rings. The van der Waals surface area contributed by atoms with Gasteiger partial charge in [-0.05, 0) is 32.3 Å². The van der Waals surface area contributed by atoms with E-state index < -0.39 is 5.97 Å². The molecule has 3 rings (SSSR count). The lowest BCUT2D eigenvalue weighted by Gasteiger charge is -2.39. The zero-order chi connectivity index (χ0) is 13.5. The lowest BCUT2D eigenvalue weighted by Crippen LogP contribution is -2.47. The van der Waals surface area contributed by atoms with E-state index in [9.17, 15) is 4.79 Å². The molecule has 2 heterocycles. The van der Waals surface area contributed by atoms with Gasteiger partial charge in [-0.3, -0.25) is 0 Å². The Kier molecular flexibility index (Phi) is 2.93. The fourth-order valence-corrected chi connectivity index (χ4v) is 2.67. The molecule has 0 bridgehead atoms. The van der Waals surface area contributed by atoms with Gasteiger partial charge in [0, 0.05) is 24.1 Å². The molecule has 1 aliphatic heterocycles. The molecule has 1 aromatic rings. The number of rotatable bonds is 4. The first-order valence-corrected chi connectivity index (χ1v) is 6.71. The number of pyridine rings is 1. The highest BCUT2D eigenvalue weighted by atomic mass is 16.5. The molecule has 0 amide bonds. The minimum Gasteiger partial charge on any atom is -0.491 e. The van der Waals surface area contributed by atoms with Gasteiger partial charge in [-0.15, -0.1) is 0 Å². The standard InChI is InChI=1S/C14H18N2O3/c1-14(4-2-5-14)15-8-9-7-11(13(17)18)16-10-3-6-19-12(9)10/h7,15H,2-6,8H2,1H3,(H,17,18). The van der Waals surface area contributed by atoms with E-state index in [2.05, 4.69) is 17.2 Å². The summed E-state index contributed by atoms with van der Waals surface area (Å²) in [6, 6.07) is 1.63. The number of carboxylic acid groups (broad SMARTS) is 1. The summed E-state index contributed by atoms with van der Waals surface area (Å²) >= 11 is 0. The van der Waals surface area contributed by atoms with Crippen molar-refractivity contribution in [2.24, 2.45) is 0 Å². The molecule has 5 heteroatoms. The SMILES string of the molecule is CC1(NCc2cc(C(=O)O)nc3c2OCC3)CCC1. The molecule has 0 radical (unpaired) electrons. The Bertz CT molecular complexity index is 524. The normalized spacial score (nSPS) is 19.4. The fourth-order valence-electron chi connectivity index (χ4n) is 2.67. The highest BCUT2D eigenvalue weighted by Crippen LogP contribution is 2.33. The van der Waals surface area contributed by atoms with E-state index in [1.165, 1.54) is 19.3 Å². The van der Waals surface area contributed by atoms with Gasteiger partial charge < -0.3 is 15.2 Å². The van der Waals surface area contributed by atoms with Crippen LogP contribution in [0.1, 0.15) is 47.9 Å². The molecule has 0 unspecified atom stereocenters. The number of aromatic carboxylic acids is 1. The number of hydrogen-bond donors (Lipinski definition) is 2. The number of nitrogens with one attached hydrogen (secondary N) is 1. The summed E-state index contributed by atoms with van der Waals surface area (Å²) in [7, 11) is 0.